The summed E-state index contributed by atoms with van der Waals surface area (Å²) >= 11 is 0. The number of hydrogen-bond acceptors (Lipinski definition) is 2. The number of ether oxygens (including phenoxy) is 1. The van der Waals surface area contributed by atoms with E-state index in [0.717, 1.165) is 56.6 Å². The van der Waals surface area contributed by atoms with E-state index in [9.17, 15) is 4.39 Å². The minimum Gasteiger partial charge on any atom is -0.379 e. The highest BCUT2D eigenvalue weighted by Crippen LogP contribution is 2.48. The summed E-state index contributed by atoms with van der Waals surface area (Å²) in [7, 11) is 2.05. The van der Waals surface area contributed by atoms with E-state index in [-0.39, 0.29) is 11.2 Å². The quantitative estimate of drug-likeness (QED) is 0.423. The van der Waals surface area contributed by atoms with Gasteiger partial charge in [-0.05, 0) is 56.2 Å². The van der Waals surface area contributed by atoms with E-state index in [1.165, 1.54) is 18.9 Å². The molecule has 1 aromatic carbocycles. The van der Waals surface area contributed by atoms with Gasteiger partial charge in [0.2, 0.25) is 0 Å². The van der Waals surface area contributed by atoms with Crippen LogP contribution in [0.3, 0.4) is 0 Å². The zero-order valence-corrected chi connectivity index (χ0v) is 15.4. The van der Waals surface area contributed by atoms with E-state index in [2.05, 4.69) is 17.1 Å². The van der Waals surface area contributed by atoms with E-state index in [4.69, 9.17) is 9.73 Å². The van der Waals surface area contributed by atoms with E-state index >= 15 is 0 Å². The molecule has 3 rings (SSSR count). The Hall–Kier alpha value is -1.62. The first kappa shape index (κ1) is 18.2. The summed E-state index contributed by atoms with van der Waals surface area (Å²) in [5.74, 6) is 1.54. The SMILES string of the molecule is CCNC(=NCC1(c2cccc(F)c2)CC1)N(C)CCOCC1CC1. The highest BCUT2D eigenvalue weighted by molar-refractivity contribution is 5.79. The Bertz CT molecular complexity index is 596. The van der Waals surface area contributed by atoms with Gasteiger partial charge >= 0.3 is 0 Å². The van der Waals surface area contributed by atoms with Crippen molar-refractivity contribution in [3.8, 4) is 0 Å². The number of hydrogen-bond donors (Lipinski definition) is 1. The van der Waals surface area contributed by atoms with E-state index < -0.39 is 0 Å². The smallest absolute Gasteiger partial charge is 0.193 e. The lowest BCUT2D eigenvalue weighted by atomic mass is 9.96. The molecule has 1 N–H and O–H groups in total. The normalized spacial score (nSPS) is 18.9. The van der Waals surface area contributed by atoms with Crippen LogP contribution in [0.1, 0.15) is 38.2 Å². The topological polar surface area (TPSA) is 36.9 Å². The zero-order chi connectivity index (χ0) is 17.7. The van der Waals surface area contributed by atoms with Crippen molar-refractivity contribution in [3.63, 3.8) is 0 Å². The number of nitrogens with zero attached hydrogens (tertiary/aromatic N) is 2. The van der Waals surface area contributed by atoms with Crippen molar-refractivity contribution < 1.29 is 9.13 Å². The molecule has 2 aliphatic carbocycles. The van der Waals surface area contributed by atoms with Crippen LogP contribution in [0.5, 0.6) is 0 Å². The fourth-order valence-electron chi connectivity index (χ4n) is 3.05. The summed E-state index contributed by atoms with van der Waals surface area (Å²) in [5.41, 5.74) is 1.09. The van der Waals surface area contributed by atoms with Gasteiger partial charge in [0.25, 0.3) is 0 Å². The highest BCUT2D eigenvalue weighted by Gasteiger charge is 2.44. The molecule has 0 saturated heterocycles. The Labute approximate surface area is 150 Å². The lowest BCUT2D eigenvalue weighted by Crippen LogP contribution is -2.41. The first-order valence-corrected chi connectivity index (χ1v) is 9.46. The van der Waals surface area contributed by atoms with Gasteiger partial charge in [0.1, 0.15) is 5.82 Å². The second-order valence-electron chi connectivity index (χ2n) is 7.40. The maximum Gasteiger partial charge on any atom is 0.193 e. The van der Waals surface area contributed by atoms with Crippen molar-refractivity contribution in [1.29, 1.82) is 0 Å². The summed E-state index contributed by atoms with van der Waals surface area (Å²) in [4.78, 5) is 6.96. The molecule has 25 heavy (non-hydrogen) atoms. The molecule has 0 atom stereocenters. The van der Waals surface area contributed by atoms with Crippen molar-refractivity contribution in [3.05, 3.63) is 35.6 Å². The molecule has 0 heterocycles. The van der Waals surface area contributed by atoms with Crippen LogP contribution >= 0.6 is 0 Å². The molecule has 2 aliphatic rings. The maximum absolute atomic E-state index is 13.5. The third kappa shape index (κ3) is 5.18. The molecule has 0 spiro atoms. The first-order chi connectivity index (χ1) is 12.1. The van der Waals surface area contributed by atoms with Crippen LogP contribution in [0.25, 0.3) is 0 Å². The van der Waals surface area contributed by atoms with E-state index in [1.807, 2.05) is 13.1 Å². The summed E-state index contributed by atoms with van der Waals surface area (Å²) in [6.07, 6.45) is 4.80. The number of benzene rings is 1. The van der Waals surface area contributed by atoms with Crippen molar-refractivity contribution in [2.45, 2.75) is 38.0 Å². The van der Waals surface area contributed by atoms with Crippen LogP contribution in [0.4, 0.5) is 4.39 Å². The van der Waals surface area contributed by atoms with Crippen LogP contribution in [0, 0.1) is 11.7 Å². The molecule has 138 valence electrons. The Balaban J connectivity index is 1.55. The molecular formula is C20H30FN3O. The predicted octanol–water partition coefficient (Wildman–Crippen LogP) is 3.18. The molecule has 2 fully saturated rings. The van der Waals surface area contributed by atoms with Gasteiger partial charge in [0.05, 0.1) is 13.2 Å². The van der Waals surface area contributed by atoms with E-state index in [0.29, 0.717) is 6.54 Å². The van der Waals surface area contributed by atoms with Crippen molar-refractivity contribution in [2.24, 2.45) is 10.9 Å². The lowest BCUT2D eigenvalue weighted by molar-refractivity contribution is 0.115. The Morgan fingerprint density at radius 1 is 1.40 bits per heavy atom. The number of rotatable bonds is 9. The minimum atomic E-state index is -0.162. The minimum absolute atomic E-state index is 0.0199. The molecule has 2 saturated carbocycles. The summed E-state index contributed by atoms with van der Waals surface area (Å²) in [5, 5.41) is 3.35. The molecule has 4 nitrogen and oxygen atoms in total. The van der Waals surface area contributed by atoms with Crippen LogP contribution in [-0.4, -0.2) is 50.8 Å². The number of guanidine groups is 1. The van der Waals surface area contributed by atoms with Gasteiger partial charge in [-0.25, -0.2) is 4.39 Å². The number of likely N-dealkylation sites (N-methyl/N-ethyl adjacent to an activating group) is 1. The zero-order valence-electron chi connectivity index (χ0n) is 15.4. The molecule has 0 radical (unpaired) electrons. The fourth-order valence-corrected chi connectivity index (χ4v) is 3.05. The summed E-state index contributed by atoms with van der Waals surface area (Å²) in [6, 6.07) is 6.98. The second kappa shape index (κ2) is 8.17. The van der Waals surface area contributed by atoms with Crippen molar-refractivity contribution in [2.75, 3.05) is 39.9 Å². The number of aliphatic imine (C=N–C) groups is 1. The van der Waals surface area contributed by atoms with Crippen molar-refractivity contribution in [1.82, 2.24) is 10.2 Å². The van der Waals surface area contributed by atoms with Gasteiger partial charge in [-0.3, -0.25) is 4.99 Å². The standard InChI is InChI=1S/C20H30FN3O/c1-3-22-19(24(2)11-12-25-14-16-7-8-16)23-15-20(9-10-20)17-5-4-6-18(21)13-17/h4-6,13,16H,3,7-12,14-15H2,1-2H3,(H,22,23). The van der Waals surface area contributed by atoms with Gasteiger partial charge in [-0.1, -0.05) is 12.1 Å². The van der Waals surface area contributed by atoms with Gasteiger partial charge in [0.15, 0.2) is 5.96 Å². The maximum atomic E-state index is 13.5. The third-order valence-corrected chi connectivity index (χ3v) is 5.14. The van der Waals surface area contributed by atoms with Crippen LogP contribution < -0.4 is 5.32 Å². The van der Waals surface area contributed by atoms with Gasteiger partial charge in [0, 0.05) is 32.2 Å². The summed E-state index contributed by atoms with van der Waals surface area (Å²) in [6.45, 7) is 6.06. The number of halogens is 1. The Morgan fingerprint density at radius 2 is 2.20 bits per heavy atom. The highest BCUT2D eigenvalue weighted by atomic mass is 19.1. The molecule has 0 aromatic heterocycles. The van der Waals surface area contributed by atoms with Gasteiger partial charge < -0.3 is 15.0 Å². The molecule has 0 bridgehead atoms. The number of nitrogens with one attached hydrogen (secondary N) is 1. The Kier molecular flexibility index (Phi) is 5.94. The fraction of sp³-hybridized carbons (Fsp3) is 0.650. The first-order valence-electron chi connectivity index (χ1n) is 9.46. The molecule has 0 aliphatic heterocycles. The molecule has 5 heteroatoms. The molecular weight excluding hydrogens is 317 g/mol. The van der Waals surface area contributed by atoms with Crippen LogP contribution in [0.2, 0.25) is 0 Å². The summed E-state index contributed by atoms with van der Waals surface area (Å²) < 4.78 is 19.3. The van der Waals surface area contributed by atoms with Crippen molar-refractivity contribution >= 4 is 5.96 Å². The molecule has 0 unspecified atom stereocenters. The van der Waals surface area contributed by atoms with Gasteiger partial charge in [-0.2, -0.15) is 0 Å². The lowest BCUT2D eigenvalue weighted by Gasteiger charge is -2.23. The average Bonchev–Trinajstić information content (AvgIpc) is 3.51. The van der Waals surface area contributed by atoms with Crippen LogP contribution in [0.15, 0.2) is 29.3 Å². The third-order valence-electron chi connectivity index (χ3n) is 5.14. The monoisotopic (exact) mass is 347 g/mol. The van der Waals surface area contributed by atoms with E-state index in [1.54, 1.807) is 12.1 Å². The molecule has 1 aromatic rings. The predicted molar refractivity (Wildman–Crippen MR) is 99.5 cm³/mol. The second-order valence-corrected chi connectivity index (χ2v) is 7.40. The van der Waals surface area contributed by atoms with Crippen LogP contribution in [-0.2, 0) is 10.2 Å². The average molecular weight is 347 g/mol. The molecule has 0 amide bonds. The largest absolute Gasteiger partial charge is 0.379 e. The van der Waals surface area contributed by atoms with Gasteiger partial charge in [-0.15, -0.1) is 0 Å². The Morgan fingerprint density at radius 3 is 2.84 bits per heavy atom.